The van der Waals surface area contributed by atoms with Crippen LogP contribution in [0.1, 0.15) is 0 Å². The Labute approximate surface area is 106 Å². The number of rotatable bonds is 1. The van der Waals surface area contributed by atoms with Crippen molar-refractivity contribution in [1.29, 1.82) is 0 Å². The van der Waals surface area contributed by atoms with Gasteiger partial charge in [-0.2, -0.15) is 0 Å². The average Bonchev–Trinajstić information content (AvgIpc) is 2.15. The molecule has 0 amide bonds. The Balaban J connectivity index is 0. The van der Waals surface area contributed by atoms with E-state index >= 15 is 0 Å². The van der Waals surface area contributed by atoms with Crippen LogP contribution in [0.4, 0.5) is 0 Å². The molecule has 0 unspecified atom stereocenters. The van der Waals surface area contributed by atoms with Crippen LogP contribution in [0.5, 0.6) is 0 Å². The van der Waals surface area contributed by atoms with Gasteiger partial charge in [-0.15, -0.1) is 24.8 Å². The fourth-order valence-electron chi connectivity index (χ4n) is 1.41. The van der Waals surface area contributed by atoms with Crippen molar-refractivity contribution in [2.24, 2.45) is 0 Å². The standard InChI is InChI=1S/C6H14N3.2CH3.2ClH.Ti/c1-2-8-5-6-9-4-3-7-1;;;;;/h7-8H,1-6H2;2*1H3;2*1H;/q-1;;;;;+1. The van der Waals surface area contributed by atoms with Gasteiger partial charge in [0.25, 0.3) is 0 Å². The van der Waals surface area contributed by atoms with Gasteiger partial charge in [0.1, 0.15) is 0 Å². The normalized spacial score (nSPS) is 19.3. The first-order valence-corrected chi connectivity index (χ1v) is 8.59. The molecule has 0 aromatic rings. The third-order valence-corrected chi connectivity index (χ3v) is 4.90. The molecule has 0 aromatic heterocycles. The molecule has 1 aliphatic heterocycles. The maximum absolute atomic E-state index is 3.43. The van der Waals surface area contributed by atoms with Crippen LogP contribution in [0.2, 0.25) is 10.5 Å². The van der Waals surface area contributed by atoms with Crippen molar-refractivity contribution in [3.63, 3.8) is 0 Å². The maximum atomic E-state index is 3.43. The molecule has 1 heterocycles. The van der Waals surface area contributed by atoms with Crippen molar-refractivity contribution in [2.45, 2.75) is 10.5 Å². The van der Waals surface area contributed by atoms with E-state index in [9.17, 15) is 0 Å². The first-order valence-electron chi connectivity index (χ1n) is 4.77. The zero-order valence-electron chi connectivity index (χ0n) is 9.01. The van der Waals surface area contributed by atoms with Gasteiger partial charge in [0.15, 0.2) is 0 Å². The van der Waals surface area contributed by atoms with Crippen molar-refractivity contribution in [3.05, 3.63) is 0 Å². The van der Waals surface area contributed by atoms with E-state index in [2.05, 4.69) is 24.5 Å². The molecule has 14 heavy (non-hydrogen) atoms. The fourth-order valence-corrected chi connectivity index (χ4v) is 3.16. The SMILES string of the molecule is Cl.Cl.[CH3][Ti]([CH3])[N]1CCNCCNCC1. The first kappa shape index (κ1) is 17.6. The van der Waals surface area contributed by atoms with Crippen molar-refractivity contribution < 1.29 is 18.1 Å². The summed E-state index contributed by atoms with van der Waals surface area (Å²) < 4.78 is 2.67. The Hall–Kier alpha value is 1.17. The zero-order chi connectivity index (χ0) is 8.81. The van der Waals surface area contributed by atoms with E-state index < -0.39 is 18.1 Å². The van der Waals surface area contributed by atoms with Crippen LogP contribution < -0.4 is 10.6 Å². The molecule has 1 rings (SSSR count). The minimum absolute atomic E-state index is 0. The van der Waals surface area contributed by atoms with Gasteiger partial charge in [-0.05, 0) is 0 Å². The van der Waals surface area contributed by atoms with E-state index in [4.69, 9.17) is 0 Å². The third kappa shape index (κ3) is 7.46. The Morgan fingerprint density at radius 1 is 0.857 bits per heavy atom. The van der Waals surface area contributed by atoms with Gasteiger partial charge < -0.3 is 0 Å². The van der Waals surface area contributed by atoms with Crippen molar-refractivity contribution in [3.8, 4) is 0 Å². The first-order chi connectivity index (χ1) is 5.80. The molecule has 0 bridgehead atoms. The van der Waals surface area contributed by atoms with E-state index in [1.54, 1.807) is 0 Å². The number of halogens is 2. The summed E-state index contributed by atoms with van der Waals surface area (Å²) in [5.74, 6) is 0. The van der Waals surface area contributed by atoms with Gasteiger partial charge in [0, 0.05) is 0 Å². The van der Waals surface area contributed by atoms with E-state index in [-0.39, 0.29) is 24.8 Å². The van der Waals surface area contributed by atoms with E-state index in [1.165, 1.54) is 26.2 Å². The molecule has 1 saturated heterocycles. The predicted octanol–water partition coefficient (Wildman–Crippen LogP) is 0.954. The number of hydrogen-bond acceptors (Lipinski definition) is 3. The second kappa shape index (κ2) is 10.7. The van der Waals surface area contributed by atoms with Crippen LogP contribution in [0.25, 0.3) is 0 Å². The summed E-state index contributed by atoms with van der Waals surface area (Å²) in [5.41, 5.74) is 0. The van der Waals surface area contributed by atoms with Crippen LogP contribution in [-0.4, -0.2) is 42.7 Å². The van der Waals surface area contributed by atoms with E-state index in [0.29, 0.717) is 0 Å². The van der Waals surface area contributed by atoms with Crippen LogP contribution in [0, 0.1) is 0 Å². The zero-order valence-corrected chi connectivity index (χ0v) is 12.2. The van der Waals surface area contributed by atoms with Gasteiger partial charge in [0.05, 0.1) is 0 Å². The second-order valence-corrected chi connectivity index (χ2v) is 7.38. The van der Waals surface area contributed by atoms with Gasteiger partial charge in [0.2, 0.25) is 0 Å². The van der Waals surface area contributed by atoms with Crippen LogP contribution in [-0.2, 0) is 18.1 Å². The van der Waals surface area contributed by atoms with Crippen molar-refractivity contribution in [1.82, 2.24) is 14.0 Å². The summed E-state index contributed by atoms with van der Waals surface area (Å²) in [7, 11) is 0. The molecule has 87 valence electrons. The molecule has 0 spiro atoms. The summed E-state index contributed by atoms with van der Waals surface area (Å²) >= 11 is -0.816. The van der Waals surface area contributed by atoms with Crippen LogP contribution >= 0.6 is 24.8 Å². The number of nitrogens with one attached hydrogen (secondary N) is 2. The third-order valence-electron chi connectivity index (χ3n) is 2.23. The molecule has 0 aliphatic carbocycles. The Bertz CT molecular complexity index is 117. The summed E-state index contributed by atoms with van der Waals surface area (Å²) in [4.78, 5) is 0. The molecule has 0 atom stereocenters. The average molecular weight is 279 g/mol. The molecular formula is C8H22Cl2N3Ti. The Morgan fingerprint density at radius 2 is 1.29 bits per heavy atom. The molecule has 1 aliphatic rings. The molecule has 0 radical (unpaired) electrons. The van der Waals surface area contributed by atoms with Gasteiger partial charge in [-0.25, -0.2) is 0 Å². The predicted molar refractivity (Wildman–Crippen MR) is 63.5 cm³/mol. The molecule has 6 heteroatoms. The molecule has 1 fully saturated rings. The van der Waals surface area contributed by atoms with Crippen molar-refractivity contribution >= 4 is 24.8 Å². The molecule has 3 nitrogen and oxygen atoms in total. The molecule has 0 saturated carbocycles. The van der Waals surface area contributed by atoms with E-state index in [1.807, 2.05) is 0 Å². The minimum atomic E-state index is -0.816. The summed E-state index contributed by atoms with van der Waals surface area (Å²) in [6.07, 6.45) is 0. The van der Waals surface area contributed by atoms with E-state index in [0.717, 1.165) is 13.1 Å². The summed E-state index contributed by atoms with van der Waals surface area (Å²) in [6, 6.07) is 0. The Morgan fingerprint density at radius 3 is 1.64 bits per heavy atom. The topological polar surface area (TPSA) is 27.3 Å². The molecule has 2 N–H and O–H groups in total. The van der Waals surface area contributed by atoms with Crippen LogP contribution in [0.15, 0.2) is 0 Å². The Kier molecular flexibility index (Phi) is 13.4. The van der Waals surface area contributed by atoms with Crippen LogP contribution in [0.3, 0.4) is 0 Å². The number of nitrogens with zero attached hydrogens (tertiary/aromatic N) is 1. The van der Waals surface area contributed by atoms with Gasteiger partial charge in [-0.3, -0.25) is 0 Å². The molecule has 0 aromatic carbocycles. The summed E-state index contributed by atoms with van der Waals surface area (Å²) in [5, 5.41) is 11.7. The summed E-state index contributed by atoms with van der Waals surface area (Å²) in [6.45, 7) is 7.08. The van der Waals surface area contributed by atoms with Gasteiger partial charge in [-0.1, -0.05) is 0 Å². The van der Waals surface area contributed by atoms with Gasteiger partial charge >= 0.3 is 81.9 Å². The fraction of sp³-hybridized carbons (Fsp3) is 1.00. The number of hydrogen-bond donors (Lipinski definition) is 2. The second-order valence-electron chi connectivity index (χ2n) is 3.43. The monoisotopic (exact) mass is 278 g/mol. The molecular weight excluding hydrogens is 257 g/mol. The van der Waals surface area contributed by atoms with Crippen molar-refractivity contribution in [2.75, 3.05) is 39.3 Å². The quantitative estimate of drug-likeness (QED) is 0.700.